The first-order valence-electron chi connectivity index (χ1n) is 12.0. The highest BCUT2D eigenvalue weighted by Crippen LogP contribution is 2.38. The van der Waals surface area contributed by atoms with Crippen LogP contribution in [-0.4, -0.2) is 37.0 Å². The Morgan fingerprint density at radius 3 is 2.37 bits per heavy atom. The molecule has 6 heteroatoms. The third-order valence-corrected chi connectivity index (χ3v) is 6.11. The van der Waals surface area contributed by atoms with Gasteiger partial charge in [-0.15, -0.1) is 0 Å². The summed E-state index contributed by atoms with van der Waals surface area (Å²) >= 11 is 0. The Morgan fingerprint density at radius 1 is 0.971 bits per heavy atom. The molecule has 3 aromatic carbocycles. The number of nitrogens with one attached hydrogen (secondary N) is 2. The zero-order valence-electron chi connectivity index (χ0n) is 20.4. The minimum absolute atomic E-state index is 0.219. The van der Waals surface area contributed by atoms with Crippen molar-refractivity contribution in [2.75, 3.05) is 30.8 Å². The summed E-state index contributed by atoms with van der Waals surface area (Å²) in [5, 5.41) is 6.39. The average molecular weight is 470 g/mol. The van der Waals surface area contributed by atoms with E-state index in [0.717, 1.165) is 42.9 Å². The normalized spacial score (nSPS) is 13.9. The van der Waals surface area contributed by atoms with Gasteiger partial charge < -0.3 is 15.4 Å². The molecule has 3 aromatic rings. The summed E-state index contributed by atoms with van der Waals surface area (Å²) in [7, 11) is 1.34. The second-order valence-electron chi connectivity index (χ2n) is 8.51. The number of carbonyl (C=O) groups excluding carboxylic acids is 2. The summed E-state index contributed by atoms with van der Waals surface area (Å²) < 4.78 is 4.82. The molecule has 1 aliphatic heterocycles. The van der Waals surface area contributed by atoms with Crippen molar-refractivity contribution in [3.05, 3.63) is 95.1 Å². The SMILES string of the molecule is CCCN(CC)Cc1ccc(NC(=C2C(=O)Nc3cc(C(=O)OC)ccc32)c2ccccc2)cc1. The molecule has 6 nitrogen and oxygen atoms in total. The van der Waals surface area contributed by atoms with Gasteiger partial charge in [-0.05, 0) is 54.9 Å². The number of hydrogen-bond acceptors (Lipinski definition) is 5. The van der Waals surface area contributed by atoms with Crippen LogP contribution < -0.4 is 10.6 Å². The van der Waals surface area contributed by atoms with E-state index in [1.165, 1.54) is 12.7 Å². The number of carbonyl (C=O) groups is 2. The van der Waals surface area contributed by atoms with Crippen LogP contribution in [0.25, 0.3) is 11.3 Å². The Balaban J connectivity index is 1.70. The second-order valence-corrected chi connectivity index (χ2v) is 8.51. The molecular weight excluding hydrogens is 438 g/mol. The molecular formula is C29H31N3O3. The summed E-state index contributed by atoms with van der Waals surface area (Å²) in [6.07, 6.45) is 1.13. The number of benzene rings is 3. The summed E-state index contributed by atoms with van der Waals surface area (Å²) in [5.74, 6) is -0.662. The van der Waals surface area contributed by atoms with Crippen molar-refractivity contribution in [3.63, 3.8) is 0 Å². The predicted octanol–water partition coefficient (Wildman–Crippen LogP) is 5.64. The largest absolute Gasteiger partial charge is 0.465 e. The monoisotopic (exact) mass is 469 g/mol. The Bertz CT molecular complexity index is 1230. The smallest absolute Gasteiger partial charge is 0.337 e. The fourth-order valence-corrected chi connectivity index (χ4v) is 4.31. The molecule has 35 heavy (non-hydrogen) atoms. The number of fused-ring (bicyclic) bond motifs is 1. The van der Waals surface area contributed by atoms with Crippen molar-refractivity contribution in [1.82, 2.24) is 4.90 Å². The lowest BCUT2D eigenvalue weighted by Crippen LogP contribution is -2.23. The summed E-state index contributed by atoms with van der Waals surface area (Å²) in [6, 6.07) is 23.2. The highest BCUT2D eigenvalue weighted by Gasteiger charge is 2.29. The second kappa shape index (κ2) is 11.0. The van der Waals surface area contributed by atoms with Gasteiger partial charge in [-0.2, -0.15) is 0 Å². The number of ether oxygens (including phenoxy) is 1. The highest BCUT2D eigenvalue weighted by atomic mass is 16.5. The molecule has 180 valence electrons. The number of methoxy groups -OCH3 is 1. The van der Waals surface area contributed by atoms with Crippen LogP contribution in [0.2, 0.25) is 0 Å². The molecule has 0 saturated heterocycles. The summed E-state index contributed by atoms with van der Waals surface area (Å²) in [4.78, 5) is 27.5. The van der Waals surface area contributed by atoms with E-state index >= 15 is 0 Å². The third-order valence-electron chi connectivity index (χ3n) is 6.11. The fourth-order valence-electron chi connectivity index (χ4n) is 4.31. The molecule has 1 amide bonds. The van der Waals surface area contributed by atoms with Gasteiger partial charge >= 0.3 is 5.97 Å². The lowest BCUT2D eigenvalue weighted by molar-refractivity contribution is -0.110. The maximum Gasteiger partial charge on any atom is 0.337 e. The van der Waals surface area contributed by atoms with E-state index in [-0.39, 0.29) is 5.91 Å². The van der Waals surface area contributed by atoms with Gasteiger partial charge in [-0.3, -0.25) is 9.69 Å². The quantitative estimate of drug-likeness (QED) is 0.314. The topological polar surface area (TPSA) is 70.7 Å². The minimum Gasteiger partial charge on any atom is -0.465 e. The van der Waals surface area contributed by atoms with Crippen LogP contribution in [0.1, 0.15) is 47.3 Å². The van der Waals surface area contributed by atoms with Crippen LogP contribution in [0.5, 0.6) is 0 Å². The van der Waals surface area contributed by atoms with Crippen LogP contribution >= 0.6 is 0 Å². The van der Waals surface area contributed by atoms with Crippen LogP contribution in [0, 0.1) is 0 Å². The zero-order chi connectivity index (χ0) is 24.8. The molecule has 0 aromatic heterocycles. The first kappa shape index (κ1) is 24.2. The molecule has 2 N–H and O–H groups in total. The molecule has 0 bridgehead atoms. The van der Waals surface area contributed by atoms with Crippen molar-refractivity contribution >= 4 is 34.5 Å². The predicted molar refractivity (Wildman–Crippen MR) is 141 cm³/mol. The van der Waals surface area contributed by atoms with Crippen molar-refractivity contribution < 1.29 is 14.3 Å². The van der Waals surface area contributed by atoms with Crippen molar-refractivity contribution in [3.8, 4) is 0 Å². The molecule has 4 rings (SSSR count). The number of amides is 1. The number of nitrogens with zero attached hydrogens (tertiary/aromatic N) is 1. The van der Waals surface area contributed by atoms with E-state index in [1.807, 2.05) is 42.5 Å². The van der Waals surface area contributed by atoms with Gasteiger partial charge in [0.25, 0.3) is 5.91 Å². The number of rotatable bonds is 9. The maximum absolute atomic E-state index is 13.1. The number of esters is 1. The third kappa shape index (κ3) is 5.44. The van der Waals surface area contributed by atoms with Gasteiger partial charge in [0.2, 0.25) is 0 Å². The maximum atomic E-state index is 13.1. The molecule has 0 spiro atoms. The molecule has 0 radical (unpaired) electrons. The van der Waals surface area contributed by atoms with Crippen molar-refractivity contribution in [2.45, 2.75) is 26.8 Å². The molecule has 0 atom stereocenters. The Morgan fingerprint density at radius 2 is 1.71 bits per heavy atom. The first-order chi connectivity index (χ1) is 17.0. The first-order valence-corrected chi connectivity index (χ1v) is 12.0. The van der Waals surface area contributed by atoms with Gasteiger partial charge in [0, 0.05) is 17.8 Å². The Kier molecular flexibility index (Phi) is 7.63. The molecule has 0 aliphatic carbocycles. The average Bonchev–Trinajstić information content (AvgIpc) is 3.22. The van der Waals surface area contributed by atoms with Gasteiger partial charge in [0.05, 0.1) is 29.6 Å². The van der Waals surface area contributed by atoms with E-state index in [0.29, 0.717) is 22.5 Å². The highest BCUT2D eigenvalue weighted by molar-refractivity contribution is 6.37. The van der Waals surface area contributed by atoms with E-state index < -0.39 is 5.97 Å². The number of hydrogen-bond donors (Lipinski definition) is 2. The lowest BCUT2D eigenvalue weighted by atomic mass is 9.99. The van der Waals surface area contributed by atoms with Crippen LogP contribution in [0.15, 0.2) is 72.8 Å². The minimum atomic E-state index is -0.443. The van der Waals surface area contributed by atoms with Gasteiger partial charge in [0.1, 0.15) is 0 Å². The summed E-state index contributed by atoms with van der Waals surface area (Å²) in [5.41, 5.74) is 6.00. The van der Waals surface area contributed by atoms with E-state index in [4.69, 9.17) is 4.74 Å². The van der Waals surface area contributed by atoms with Gasteiger partial charge in [-0.1, -0.05) is 62.4 Å². The van der Waals surface area contributed by atoms with Crippen LogP contribution in [-0.2, 0) is 16.1 Å². The standard InChI is InChI=1S/C29H31N3O3/c1-4-17-32(5-2)19-20-11-14-23(15-12-20)30-27(21-9-7-6-8-10-21)26-24-16-13-22(29(34)35-3)18-25(24)31-28(26)33/h6-16,18,30H,4-5,17,19H2,1-3H3,(H,31,33). The zero-order valence-corrected chi connectivity index (χ0v) is 20.4. The van der Waals surface area contributed by atoms with E-state index in [9.17, 15) is 9.59 Å². The van der Waals surface area contributed by atoms with Crippen LogP contribution in [0.4, 0.5) is 11.4 Å². The lowest BCUT2D eigenvalue weighted by Gasteiger charge is -2.20. The number of anilines is 2. The molecule has 1 heterocycles. The molecule has 0 unspecified atom stereocenters. The van der Waals surface area contributed by atoms with Crippen molar-refractivity contribution in [2.24, 2.45) is 0 Å². The van der Waals surface area contributed by atoms with Crippen LogP contribution in [0.3, 0.4) is 0 Å². The molecule has 0 fully saturated rings. The fraction of sp³-hybridized carbons (Fsp3) is 0.241. The van der Waals surface area contributed by atoms with Crippen molar-refractivity contribution in [1.29, 1.82) is 0 Å². The molecule has 0 saturated carbocycles. The van der Waals surface area contributed by atoms with E-state index in [1.54, 1.807) is 18.2 Å². The van der Waals surface area contributed by atoms with Gasteiger partial charge in [-0.25, -0.2) is 4.79 Å². The molecule has 1 aliphatic rings. The Hall–Kier alpha value is -3.90. The summed E-state index contributed by atoms with van der Waals surface area (Å²) in [6.45, 7) is 7.39. The Labute approximate surface area is 206 Å². The van der Waals surface area contributed by atoms with E-state index in [2.05, 4.69) is 41.5 Å². The van der Waals surface area contributed by atoms with Gasteiger partial charge in [0.15, 0.2) is 0 Å².